The number of rotatable bonds is 6. The molecule has 0 radical (unpaired) electrons. The van der Waals surface area contributed by atoms with Crippen molar-refractivity contribution in [3.8, 4) is 0 Å². The van der Waals surface area contributed by atoms with Crippen LogP contribution in [0.4, 0.5) is 10.2 Å². The van der Waals surface area contributed by atoms with Crippen molar-refractivity contribution in [2.75, 3.05) is 11.5 Å². The van der Waals surface area contributed by atoms with Crippen molar-refractivity contribution in [3.05, 3.63) is 40.9 Å². The molecule has 3 rings (SSSR count). The molecule has 0 saturated heterocycles. The normalized spacial score (nSPS) is 11.3. The Morgan fingerprint density at radius 2 is 2.17 bits per heavy atom. The molecular weight excluding hydrogens is 349 g/mol. The number of benzene rings is 1. The first-order valence-corrected chi connectivity index (χ1v) is 9.00. The van der Waals surface area contributed by atoms with Crippen LogP contribution in [0.3, 0.4) is 0 Å². The molecule has 0 spiro atoms. The van der Waals surface area contributed by atoms with Gasteiger partial charge in [0.1, 0.15) is 11.3 Å². The summed E-state index contributed by atoms with van der Waals surface area (Å²) in [5, 5.41) is 1.10. The SMILES string of the molecule is CCCCSc1nc(N)c2ncn(Cc3cc(Cl)ccc3F)c2n1. The Morgan fingerprint density at radius 1 is 1.33 bits per heavy atom. The number of halogens is 2. The molecule has 0 aliphatic rings. The van der Waals surface area contributed by atoms with Crippen LogP contribution in [0.5, 0.6) is 0 Å². The number of unbranched alkanes of at least 4 members (excludes halogenated alkanes) is 1. The van der Waals surface area contributed by atoms with E-state index in [9.17, 15) is 4.39 Å². The van der Waals surface area contributed by atoms with Crippen molar-refractivity contribution in [2.24, 2.45) is 0 Å². The molecule has 2 aromatic heterocycles. The fraction of sp³-hybridized carbons (Fsp3) is 0.312. The number of aromatic nitrogens is 4. The summed E-state index contributed by atoms with van der Waals surface area (Å²) in [5.74, 6) is 0.948. The summed E-state index contributed by atoms with van der Waals surface area (Å²) in [6, 6.07) is 4.48. The van der Waals surface area contributed by atoms with Crippen molar-refractivity contribution in [2.45, 2.75) is 31.5 Å². The molecular formula is C16H17ClFN5S. The van der Waals surface area contributed by atoms with Gasteiger partial charge in [0.25, 0.3) is 0 Å². The number of nitrogens with two attached hydrogens (primary N) is 1. The number of thioether (sulfide) groups is 1. The molecule has 3 aromatic rings. The standard InChI is InChI=1S/C16H17ClFN5S/c1-2-3-6-24-16-21-14(19)13-15(22-16)23(9-20-13)8-10-7-11(17)4-5-12(10)18/h4-5,7,9H,2-3,6,8H2,1H3,(H2,19,21,22). The largest absolute Gasteiger partial charge is 0.382 e. The Hall–Kier alpha value is -1.86. The number of anilines is 1. The summed E-state index contributed by atoms with van der Waals surface area (Å²) in [6.07, 6.45) is 3.78. The number of hydrogen-bond donors (Lipinski definition) is 1. The van der Waals surface area contributed by atoms with Crippen LogP contribution in [0, 0.1) is 5.82 Å². The Bertz CT molecular complexity index is 867. The lowest BCUT2D eigenvalue weighted by molar-refractivity contribution is 0.601. The van der Waals surface area contributed by atoms with Gasteiger partial charge >= 0.3 is 0 Å². The lowest BCUT2D eigenvalue weighted by Crippen LogP contribution is -2.04. The van der Waals surface area contributed by atoms with Gasteiger partial charge in [-0.05, 0) is 24.6 Å². The van der Waals surface area contributed by atoms with Crippen LogP contribution < -0.4 is 5.73 Å². The smallest absolute Gasteiger partial charge is 0.191 e. The maximum Gasteiger partial charge on any atom is 0.191 e. The first-order valence-electron chi connectivity index (χ1n) is 7.63. The van der Waals surface area contributed by atoms with Crippen molar-refractivity contribution in [1.29, 1.82) is 0 Å². The van der Waals surface area contributed by atoms with Gasteiger partial charge in [0.15, 0.2) is 16.6 Å². The first kappa shape index (κ1) is 17.0. The van der Waals surface area contributed by atoms with Gasteiger partial charge in [-0.25, -0.2) is 19.3 Å². The molecule has 0 bridgehead atoms. The molecule has 126 valence electrons. The summed E-state index contributed by atoms with van der Waals surface area (Å²) in [7, 11) is 0. The fourth-order valence-corrected chi connectivity index (χ4v) is 3.41. The highest BCUT2D eigenvalue weighted by atomic mass is 35.5. The molecule has 0 aliphatic heterocycles. The molecule has 0 amide bonds. The third kappa shape index (κ3) is 3.62. The van der Waals surface area contributed by atoms with Crippen LogP contribution in [0.2, 0.25) is 5.02 Å². The Kier molecular flexibility index (Phi) is 5.20. The Labute approximate surface area is 148 Å². The van der Waals surface area contributed by atoms with Crippen molar-refractivity contribution in [3.63, 3.8) is 0 Å². The zero-order valence-electron chi connectivity index (χ0n) is 13.2. The molecule has 0 saturated carbocycles. The summed E-state index contributed by atoms with van der Waals surface area (Å²) in [6.45, 7) is 2.41. The second kappa shape index (κ2) is 7.36. The minimum Gasteiger partial charge on any atom is -0.382 e. The van der Waals surface area contributed by atoms with Gasteiger partial charge < -0.3 is 10.3 Å². The second-order valence-corrected chi connectivity index (χ2v) is 6.87. The van der Waals surface area contributed by atoms with Crippen molar-refractivity contribution < 1.29 is 4.39 Å². The van der Waals surface area contributed by atoms with E-state index < -0.39 is 0 Å². The van der Waals surface area contributed by atoms with E-state index in [1.165, 1.54) is 12.1 Å². The highest BCUT2D eigenvalue weighted by Gasteiger charge is 2.13. The topological polar surface area (TPSA) is 69.6 Å². The average molecular weight is 366 g/mol. The zero-order chi connectivity index (χ0) is 17.1. The van der Waals surface area contributed by atoms with E-state index in [2.05, 4.69) is 21.9 Å². The summed E-state index contributed by atoms with van der Waals surface area (Å²) >= 11 is 7.52. The van der Waals surface area contributed by atoms with E-state index in [0.29, 0.717) is 32.7 Å². The van der Waals surface area contributed by atoms with Gasteiger partial charge in [-0.3, -0.25) is 0 Å². The molecule has 24 heavy (non-hydrogen) atoms. The molecule has 0 atom stereocenters. The van der Waals surface area contributed by atoms with E-state index in [1.54, 1.807) is 28.7 Å². The molecule has 5 nitrogen and oxygen atoms in total. The van der Waals surface area contributed by atoms with Crippen LogP contribution in [-0.2, 0) is 6.54 Å². The monoisotopic (exact) mass is 365 g/mol. The van der Waals surface area contributed by atoms with Gasteiger partial charge in [-0.2, -0.15) is 0 Å². The quantitative estimate of drug-likeness (QED) is 0.404. The average Bonchev–Trinajstić information content (AvgIpc) is 2.95. The molecule has 0 unspecified atom stereocenters. The summed E-state index contributed by atoms with van der Waals surface area (Å²) in [4.78, 5) is 13.1. The van der Waals surface area contributed by atoms with Gasteiger partial charge in [-0.15, -0.1) is 0 Å². The van der Waals surface area contributed by atoms with Gasteiger partial charge in [-0.1, -0.05) is 36.7 Å². The summed E-state index contributed by atoms with van der Waals surface area (Å²) < 4.78 is 15.7. The highest BCUT2D eigenvalue weighted by molar-refractivity contribution is 7.99. The van der Waals surface area contributed by atoms with Gasteiger partial charge in [0.2, 0.25) is 0 Å². The van der Waals surface area contributed by atoms with Crippen molar-refractivity contribution >= 4 is 40.3 Å². The lowest BCUT2D eigenvalue weighted by atomic mass is 10.2. The molecule has 0 fully saturated rings. The third-order valence-corrected chi connectivity index (χ3v) is 4.72. The first-order chi connectivity index (χ1) is 11.6. The predicted octanol–water partition coefficient (Wildman–Crippen LogP) is 4.14. The van der Waals surface area contributed by atoms with Crippen LogP contribution in [-0.4, -0.2) is 25.3 Å². The lowest BCUT2D eigenvalue weighted by Gasteiger charge is -2.07. The number of nitrogens with zero attached hydrogens (tertiary/aromatic N) is 4. The number of fused-ring (bicyclic) bond motifs is 1. The van der Waals surface area contributed by atoms with E-state index in [0.717, 1.165) is 18.6 Å². The highest BCUT2D eigenvalue weighted by Crippen LogP contribution is 2.24. The van der Waals surface area contributed by atoms with E-state index in [4.69, 9.17) is 17.3 Å². The molecule has 2 heterocycles. The zero-order valence-corrected chi connectivity index (χ0v) is 14.7. The van der Waals surface area contributed by atoms with Crippen LogP contribution in [0.1, 0.15) is 25.3 Å². The predicted molar refractivity (Wildman–Crippen MR) is 95.9 cm³/mol. The van der Waals surface area contributed by atoms with Crippen molar-refractivity contribution in [1.82, 2.24) is 19.5 Å². The molecule has 0 aliphatic carbocycles. The molecule has 2 N–H and O–H groups in total. The van der Waals surface area contributed by atoms with Gasteiger partial charge in [0, 0.05) is 16.3 Å². The maximum absolute atomic E-state index is 14.0. The maximum atomic E-state index is 14.0. The minimum atomic E-state index is -0.319. The molecule has 8 heteroatoms. The Balaban J connectivity index is 1.94. The fourth-order valence-electron chi connectivity index (χ4n) is 2.28. The number of hydrogen-bond acceptors (Lipinski definition) is 5. The number of nitrogen functional groups attached to an aromatic ring is 1. The van der Waals surface area contributed by atoms with Gasteiger partial charge in [0.05, 0.1) is 12.9 Å². The van der Waals surface area contributed by atoms with E-state index in [1.807, 2.05) is 0 Å². The third-order valence-electron chi connectivity index (χ3n) is 3.55. The van der Waals surface area contributed by atoms with E-state index in [-0.39, 0.29) is 12.4 Å². The van der Waals surface area contributed by atoms with Crippen LogP contribution in [0.25, 0.3) is 11.2 Å². The number of imidazole rings is 1. The molecule has 1 aromatic carbocycles. The van der Waals surface area contributed by atoms with Crippen LogP contribution in [0.15, 0.2) is 29.7 Å². The summed E-state index contributed by atoms with van der Waals surface area (Å²) in [5.41, 5.74) is 7.58. The minimum absolute atomic E-state index is 0.276. The second-order valence-electron chi connectivity index (χ2n) is 5.37. The van der Waals surface area contributed by atoms with Crippen LogP contribution >= 0.6 is 23.4 Å². The van der Waals surface area contributed by atoms with E-state index >= 15 is 0 Å². The Morgan fingerprint density at radius 3 is 2.96 bits per heavy atom.